The zero-order valence-corrected chi connectivity index (χ0v) is 19.0. The minimum Gasteiger partial charge on any atom is -0.473 e. The minimum atomic E-state index is -1.22. The van der Waals surface area contributed by atoms with Gasteiger partial charge in [0, 0.05) is 25.3 Å². The Morgan fingerprint density at radius 2 is 1.94 bits per heavy atom. The van der Waals surface area contributed by atoms with Crippen LogP contribution in [-0.4, -0.2) is 59.5 Å². The Balaban J connectivity index is 2.33. The first-order valence-corrected chi connectivity index (χ1v) is 10.5. The molecular formula is C21H28F2N6O5. The van der Waals surface area contributed by atoms with E-state index < -0.39 is 35.7 Å². The summed E-state index contributed by atoms with van der Waals surface area (Å²) < 4.78 is 39.0. The predicted molar refractivity (Wildman–Crippen MR) is 121 cm³/mol. The van der Waals surface area contributed by atoms with E-state index in [0.29, 0.717) is 12.8 Å². The van der Waals surface area contributed by atoms with Crippen molar-refractivity contribution in [2.75, 3.05) is 31.0 Å². The average Bonchev–Trinajstić information content (AvgIpc) is 2.76. The number of methoxy groups -OCH3 is 1. The van der Waals surface area contributed by atoms with Crippen LogP contribution in [0.2, 0.25) is 0 Å². The van der Waals surface area contributed by atoms with Gasteiger partial charge in [-0.15, -0.1) is 0 Å². The standard InChI is InChI=1S/C21H28F2N6O5/c1-4-5-16(11(2)26-21(31)32)28-19-14(22)9-13(17(24)30)18(29-19)27-12-8-15(23)20(25-10-12)34-7-6-33-3/h8-11,16,26H,4-7H2,1-3H3,(H2,24,30)(H,31,32)(H2,27,28,29)/t11-,16+/m0/s1. The predicted octanol–water partition coefficient (Wildman–Crippen LogP) is 2.86. The molecule has 0 saturated carbocycles. The number of hydrogen-bond acceptors (Lipinski definition) is 8. The number of carbonyl (C=O) groups excluding carboxylic acids is 1. The first-order chi connectivity index (χ1) is 16.2. The molecule has 0 aliphatic rings. The Kier molecular flexibility index (Phi) is 9.74. The number of anilines is 3. The van der Waals surface area contributed by atoms with Gasteiger partial charge in [-0.3, -0.25) is 4.79 Å². The summed E-state index contributed by atoms with van der Waals surface area (Å²) in [6.45, 7) is 3.86. The lowest BCUT2D eigenvalue weighted by Gasteiger charge is -2.26. The number of halogens is 2. The normalized spacial score (nSPS) is 12.5. The number of carbonyl (C=O) groups is 2. The van der Waals surface area contributed by atoms with Gasteiger partial charge in [-0.05, 0) is 19.4 Å². The van der Waals surface area contributed by atoms with Gasteiger partial charge in [-0.1, -0.05) is 13.3 Å². The van der Waals surface area contributed by atoms with E-state index in [1.165, 1.54) is 13.3 Å². The SMILES string of the molecule is CCC[C@@H](Nc1nc(Nc2cnc(OCCOC)c(F)c2)c(C(N)=O)cc1F)[C@H](C)NC(=O)O. The monoisotopic (exact) mass is 482 g/mol. The molecule has 6 N–H and O–H groups in total. The largest absolute Gasteiger partial charge is 0.473 e. The van der Waals surface area contributed by atoms with Crippen LogP contribution in [0.4, 0.5) is 30.9 Å². The second-order valence-corrected chi connectivity index (χ2v) is 7.33. The third kappa shape index (κ3) is 7.40. The van der Waals surface area contributed by atoms with E-state index in [0.717, 1.165) is 12.1 Å². The van der Waals surface area contributed by atoms with E-state index in [4.69, 9.17) is 20.3 Å². The van der Waals surface area contributed by atoms with Crippen molar-refractivity contribution in [3.8, 4) is 5.88 Å². The van der Waals surface area contributed by atoms with Crippen molar-refractivity contribution in [2.24, 2.45) is 5.73 Å². The summed E-state index contributed by atoms with van der Waals surface area (Å²) in [5, 5.41) is 16.9. The van der Waals surface area contributed by atoms with E-state index in [1.54, 1.807) is 6.92 Å². The van der Waals surface area contributed by atoms with Crippen molar-refractivity contribution in [3.05, 3.63) is 35.5 Å². The minimum absolute atomic E-state index is 0.0989. The number of primary amides is 1. The first kappa shape index (κ1) is 26.5. The van der Waals surface area contributed by atoms with Crippen LogP contribution in [0.1, 0.15) is 37.0 Å². The quantitative estimate of drug-likeness (QED) is 0.270. The summed E-state index contributed by atoms with van der Waals surface area (Å²) in [6.07, 6.45) is 1.20. The smallest absolute Gasteiger partial charge is 0.404 e. The molecule has 2 aromatic heterocycles. The van der Waals surface area contributed by atoms with E-state index in [9.17, 15) is 18.4 Å². The Morgan fingerprint density at radius 3 is 2.53 bits per heavy atom. The third-order valence-electron chi connectivity index (χ3n) is 4.71. The highest BCUT2D eigenvalue weighted by atomic mass is 19.1. The number of carboxylic acid groups (broad SMARTS) is 1. The number of nitrogens with one attached hydrogen (secondary N) is 3. The summed E-state index contributed by atoms with van der Waals surface area (Å²) in [4.78, 5) is 30.8. The number of pyridine rings is 2. The molecule has 2 atom stereocenters. The van der Waals surface area contributed by atoms with Crippen molar-refractivity contribution < 1.29 is 33.0 Å². The van der Waals surface area contributed by atoms with E-state index in [1.807, 2.05) is 6.92 Å². The van der Waals surface area contributed by atoms with Gasteiger partial charge >= 0.3 is 6.09 Å². The van der Waals surface area contributed by atoms with Crippen molar-refractivity contribution >= 4 is 29.3 Å². The average molecular weight is 482 g/mol. The van der Waals surface area contributed by atoms with Crippen LogP contribution in [-0.2, 0) is 4.74 Å². The van der Waals surface area contributed by atoms with Crippen molar-refractivity contribution in [1.82, 2.24) is 15.3 Å². The van der Waals surface area contributed by atoms with Crippen LogP contribution in [0.25, 0.3) is 0 Å². The Bertz CT molecular complexity index is 1010. The van der Waals surface area contributed by atoms with Gasteiger partial charge in [0.2, 0.25) is 0 Å². The molecule has 0 aliphatic heterocycles. The van der Waals surface area contributed by atoms with Crippen LogP contribution < -0.4 is 26.4 Å². The van der Waals surface area contributed by atoms with Crippen molar-refractivity contribution in [3.63, 3.8) is 0 Å². The van der Waals surface area contributed by atoms with Crippen LogP contribution in [0.15, 0.2) is 18.3 Å². The zero-order valence-electron chi connectivity index (χ0n) is 19.0. The Morgan fingerprint density at radius 1 is 1.21 bits per heavy atom. The van der Waals surface area contributed by atoms with Gasteiger partial charge in [0.25, 0.3) is 11.8 Å². The number of amides is 2. The van der Waals surface area contributed by atoms with Crippen molar-refractivity contribution in [2.45, 2.75) is 38.8 Å². The lowest BCUT2D eigenvalue weighted by molar-refractivity contribution is 0.1000. The molecule has 0 aromatic carbocycles. The first-order valence-electron chi connectivity index (χ1n) is 10.5. The maximum Gasteiger partial charge on any atom is 0.404 e. The van der Waals surface area contributed by atoms with E-state index >= 15 is 0 Å². The highest BCUT2D eigenvalue weighted by Gasteiger charge is 2.23. The molecule has 0 unspecified atom stereocenters. The molecule has 0 spiro atoms. The molecule has 0 fully saturated rings. The molecule has 2 heterocycles. The van der Waals surface area contributed by atoms with Crippen LogP contribution >= 0.6 is 0 Å². The Hall–Kier alpha value is -3.74. The lowest BCUT2D eigenvalue weighted by Crippen LogP contribution is -2.44. The fourth-order valence-corrected chi connectivity index (χ4v) is 3.06. The van der Waals surface area contributed by atoms with Gasteiger partial charge < -0.3 is 36.3 Å². The maximum absolute atomic E-state index is 14.7. The summed E-state index contributed by atoms with van der Waals surface area (Å²) in [5.74, 6) is -3.22. The highest BCUT2D eigenvalue weighted by molar-refractivity contribution is 5.98. The van der Waals surface area contributed by atoms with Crippen LogP contribution in [0, 0.1) is 11.6 Å². The number of nitrogens with two attached hydrogens (primary N) is 1. The summed E-state index contributed by atoms with van der Waals surface area (Å²) in [5.41, 5.74) is 5.19. The molecule has 13 heteroatoms. The zero-order chi connectivity index (χ0) is 25.3. The van der Waals surface area contributed by atoms with Gasteiger partial charge in [-0.2, -0.15) is 0 Å². The second kappa shape index (κ2) is 12.5. The van der Waals surface area contributed by atoms with Gasteiger partial charge in [-0.25, -0.2) is 23.5 Å². The molecule has 2 rings (SSSR count). The van der Waals surface area contributed by atoms with Crippen LogP contribution in [0.5, 0.6) is 5.88 Å². The fourth-order valence-electron chi connectivity index (χ4n) is 3.06. The Labute approximate surface area is 195 Å². The number of aromatic nitrogens is 2. The third-order valence-corrected chi connectivity index (χ3v) is 4.71. The van der Waals surface area contributed by atoms with Crippen molar-refractivity contribution in [1.29, 1.82) is 0 Å². The topological polar surface area (TPSA) is 161 Å². The molecular weight excluding hydrogens is 454 g/mol. The molecule has 186 valence electrons. The number of ether oxygens (including phenoxy) is 2. The molecule has 2 amide bonds. The number of nitrogens with zero attached hydrogens (tertiary/aromatic N) is 2. The van der Waals surface area contributed by atoms with Gasteiger partial charge in [0.05, 0.1) is 24.1 Å². The number of rotatable bonds is 13. The van der Waals surface area contributed by atoms with E-state index in [2.05, 4.69) is 25.9 Å². The van der Waals surface area contributed by atoms with Crippen LogP contribution in [0.3, 0.4) is 0 Å². The summed E-state index contributed by atoms with van der Waals surface area (Å²) in [7, 11) is 1.48. The number of hydrogen-bond donors (Lipinski definition) is 5. The highest BCUT2D eigenvalue weighted by Crippen LogP contribution is 2.26. The molecule has 0 bridgehead atoms. The summed E-state index contributed by atoms with van der Waals surface area (Å²) in [6, 6.07) is 0.883. The van der Waals surface area contributed by atoms with E-state index in [-0.39, 0.29) is 42.0 Å². The molecule has 0 saturated heterocycles. The summed E-state index contributed by atoms with van der Waals surface area (Å²) >= 11 is 0. The maximum atomic E-state index is 14.7. The molecule has 0 aliphatic carbocycles. The fraction of sp³-hybridized carbons (Fsp3) is 0.429. The molecule has 11 nitrogen and oxygen atoms in total. The second-order valence-electron chi connectivity index (χ2n) is 7.33. The molecule has 34 heavy (non-hydrogen) atoms. The molecule has 2 aromatic rings. The molecule has 0 radical (unpaired) electrons. The lowest BCUT2D eigenvalue weighted by atomic mass is 10.0. The van der Waals surface area contributed by atoms with Gasteiger partial charge in [0.1, 0.15) is 12.4 Å². The van der Waals surface area contributed by atoms with Gasteiger partial charge in [0.15, 0.2) is 17.5 Å².